The van der Waals surface area contributed by atoms with Crippen LogP contribution in [0.4, 0.5) is 4.39 Å². The molecule has 2 aliphatic rings. The summed E-state index contributed by atoms with van der Waals surface area (Å²) in [5, 5.41) is 2.36. The molecule has 0 radical (unpaired) electrons. The van der Waals surface area contributed by atoms with Gasteiger partial charge in [0.15, 0.2) is 0 Å². The van der Waals surface area contributed by atoms with E-state index in [1.807, 2.05) is 36.5 Å². The van der Waals surface area contributed by atoms with Crippen molar-refractivity contribution in [2.24, 2.45) is 10.9 Å². The van der Waals surface area contributed by atoms with E-state index in [4.69, 9.17) is 4.99 Å². The number of benzene rings is 3. The number of allylic oxidation sites excluding steroid dienone is 4. The number of ketones is 1. The number of hydrogen-bond donors (Lipinski definition) is 0. The van der Waals surface area contributed by atoms with E-state index < -0.39 is 0 Å². The van der Waals surface area contributed by atoms with Gasteiger partial charge in [0.2, 0.25) is 0 Å². The highest BCUT2D eigenvalue weighted by Crippen LogP contribution is 2.37. The third-order valence-corrected chi connectivity index (χ3v) is 7.28. The standard InChI is InChI=1S/C32H32FNO/c33-28-16-14-23(15-17-28)19-26-9-3-4-18-34-32-13-5-7-24(21-31(26)32)20-29(35)22-27-11-6-10-25-8-1-2-12-30(25)27/h1-2,6,8-12,14-18,24H,3-5,7,13,19-22H2. The highest BCUT2D eigenvalue weighted by atomic mass is 19.1. The van der Waals surface area contributed by atoms with E-state index in [-0.39, 0.29) is 5.82 Å². The molecule has 3 heteroatoms. The van der Waals surface area contributed by atoms with Crippen LogP contribution in [0.25, 0.3) is 10.8 Å². The maximum atomic E-state index is 13.4. The number of halogens is 1. The van der Waals surface area contributed by atoms with Gasteiger partial charge in [-0.25, -0.2) is 4.39 Å². The van der Waals surface area contributed by atoms with Gasteiger partial charge in [-0.05, 0) is 96.0 Å². The molecule has 35 heavy (non-hydrogen) atoms. The SMILES string of the molecule is O=C(Cc1cccc2ccccc12)CC1CCCC2=C(C1)C(Cc1ccc(F)cc1)=CCCC=N2. The lowest BCUT2D eigenvalue weighted by Gasteiger charge is -2.20. The van der Waals surface area contributed by atoms with Crippen LogP contribution >= 0.6 is 0 Å². The largest absolute Gasteiger partial charge is 0.299 e. The van der Waals surface area contributed by atoms with Gasteiger partial charge in [0.05, 0.1) is 0 Å². The minimum atomic E-state index is -0.205. The lowest BCUT2D eigenvalue weighted by molar-refractivity contribution is -0.119. The number of carbonyl (C=O) groups is 1. The summed E-state index contributed by atoms with van der Waals surface area (Å²) in [6.45, 7) is 0. The second-order valence-corrected chi connectivity index (χ2v) is 9.87. The van der Waals surface area contributed by atoms with Crippen molar-refractivity contribution in [3.8, 4) is 0 Å². The van der Waals surface area contributed by atoms with Crippen LogP contribution < -0.4 is 0 Å². The fraction of sp³-hybridized carbons (Fsp3) is 0.312. The van der Waals surface area contributed by atoms with Crippen molar-refractivity contribution in [2.75, 3.05) is 0 Å². The van der Waals surface area contributed by atoms with Gasteiger partial charge in [-0.15, -0.1) is 0 Å². The monoisotopic (exact) mass is 465 g/mol. The molecule has 0 saturated carbocycles. The van der Waals surface area contributed by atoms with Gasteiger partial charge < -0.3 is 0 Å². The summed E-state index contributed by atoms with van der Waals surface area (Å²) >= 11 is 0. The maximum Gasteiger partial charge on any atom is 0.137 e. The molecule has 178 valence electrons. The van der Waals surface area contributed by atoms with E-state index in [1.165, 1.54) is 39.7 Å². The third kappa shape index (κ3) is 5.85. The van der Waals surface area contributed by atoms with Crippen LogP contribution in [0.2, 0.25) is 0 Å². The molecule has 1 aliphatic heterocycles. The molecular formula is C32H32FNO. The normalized spacial score (nSPS) is 18.4. The van der Waals surface area contributed by atoms with E-state index in [9.17, 15) is 9.18 Å². The lowest BCUT2D eigenvalue weighted by atomic mass is 9.85. The lowest BCUT2D eigenvalue weighted by Crippen LogP contribution is -2.12. The Hall–Kier alpha value is -3.33. The van der Waals surface area contributed by atoms with E-state index in [1.54, 1.807) is 0 Å². The number of Topliss-reactive ketones (excluding diaryl/α,β-unsaturated/α-hetero) is 1. The Bertz CT molecular complexity index is 1290. The average molecular weight is 466 g/mol. The fourth-order valence-corrected chi connectivity index (χ4v) is 5.54. The fourth-order valence-electron chi connectivity index (χ4n) is 5.54. The molecule has 2 nitrogen and oxygen atoms in total. The van der Waals surface area contributed by atoms with Crippen LogP contribution in [0, 0.1) is 11.7 Å². The van der Waals surface area contributed by atoms with Gasteiger partial charge in [-0.2, -0.15) is 0 Å². The zero-order valence-corrected chi connectivity index (χ0v) is 20.2. The first kappa shape index (κ1) is 23.4. The van der Waals surface area contributed by atoms with Crippen LogP contribution in [0.3, 0.4) is 0 Å². The second kappa shape index (κ2) is 10.9. The smallest absolute Gasteiger partial charge is 0.137 e. The van der Waals surface area contributed by atoms with Crippen molar-refractivity contribution in [3.05, 3.63) is 107 Å². The molecule has 0 aromatic heterocycles. The first-order chi connectivity index (χ1) is 17.2. The second-order valence-electron chi connectivity index (χ2n) is 9.87. The molecule has 0 bridgehead atoms. The van der Waals surface area contributed by atoms with Crippen LogP contribution in [0.1, 0.15) is 56.1 Å². The Kier molecular flexibility index (Phi) is 7.32. The molecule has 5 rings (SSSR count). The van der Waals surface area contributed by atoms with Crippen LogP contribution in [0.15, 0.2) is 94.6 Å². The highest BCUT2D eigenvalue weighted by Gasteiger charge is 2.24. The number of carbonyl (C=O) groups excluding carboxylic acids is 1. The summed E-state index contributed by atoms with van der Waals surface area (Å²) < 4.78 is 13.4. The van der Waals surface area contributed by atoms with E-state index in [0.29, 0.717) is 24.5 Å². The molecule has 3 aromatic carbocycles. The Balaban J connectivity index is 1.34. The summed E-state index contributed by atoms with van der Waals surface area (Å²) in [5.74, 6) is 0.439. The van der Waals surface area contributed by atoms with Crippen LogP contribution in [-0.4, -0.2) is 12.0 Å². The topological polar surface area (TPSA) is 29.4 Å². The predicted octanol–water partition coefficient (Wildman–Crippen LogP) is 7.96. The minimum Gasteiger partial charge on any atom is -0.299 e. The third-order valence-electron chi connectivity index (χ3n) is 7.28. The number of hydrogen-bond acceptors (Lipinski definition) is 2. The molecular weight excluding hydrogens is 433 g/mol. The quantitative estimate of drug-likeness (QED) is 0.363. The Morgan fingerprint density at radius 1 is 0.971 bits per heavy atom. The molecule has 1 aliphatic carbocycles. The van der Waals surface area contributed by atoms with Gasteiger partial charge >= 0.3 is 0 Å². The zero-order valence-electron chi connectivity index (χ0n) is 20.2. The van der Waals surface area contributed by atoms with Gasteiger partial charge in [-0.1, -0.05) is 60.7 Å². The molecule has 0 fully saturated rings. The van der Waals surface area contributed by atoms with E-state index in [0.717, 1.165) is 56.1 Å². The van der Waals surface area contributed by atoms with Crippen molar-refractivity contribution in [1.82, 2.24) is 0 Å². The van der Waals surface area contributed by atoms with Crippen LogP contribution in [-0.2, 0) is 17.6 Å². The summed E-state index contributed by atoms with van der Waals surface area (Å²) in [4.78, 5) is 18.1. The number of aliphatic imine (C=N–C) groups is 1. The predicted molar refractivity (Wildman–Crippen MR) is 142 cm³/mol. The first-order valence-electron chi connectivity index (χ1n) is 12.8. The average Bonchev–Trinajstić information content (AvgIpc) is 3.05. The maximum absolute atomic E-state index is 13.4. The number of rotatable bonds is 6. The molecule has 0 spiro atoms. The van der Waals surface area contributed by atoms with Crippen molar-refractivity contribution in [1.29, 1.82) is 0 Å². The highest BCUT2D eigenvalue weighted by molar-refractivity contribution is 5.91. The molecule has 0 amide bonds. The molecule has 0 N–H and O–H groups in total. The number of nitrogens with zero attached hydrogens (tertiary/aromatic N) is 1. The summed E-state index contributed by atoms with van der Waals surface area (Å²) in [7, 11) is 0. The Labute approximate surface area is 207 Å². The van der Waals surface area contributed by atoms with Crippen molar-refractivity contribution in [3.63, 3.8) is 0 Å². The Morgan fingerprint density at radius 2 is 1.80 bits per heavy atom. The zero-order chi connectivity index (χ0) is 24.0. The summed E-state index contributed by atoms with van der Waals surface area (Å²) in [6, 6.07) is 21.4. The summed E-state index contributed by atoms with van der Waals surface area (Å²) in [6.07, 6.45) is 12.1. The van der Waals surface area contributed by atoms with Crippen molar-refractivity contribution in [2.45, 2.75) is 57.8 Å². The number of fused-ring (bicyclic) bond motifs is 1. The molecule has 3 aromatic rings. The van der Waals surface area contributed by atoms with Crippen molar-refractivity contribution < 1.29 is 9.18 Å². The minimum absolute atomic E-state index is 0.205. The molecule has 0 saturated heterocycles. The first-order valence-corrected chi connectivity index (χ1v) is 12.8. The molecule has 1 unspecified atom stereocenters. The summed E-state index contributed by atoms with van der Waals surface area (Å²) in [5.41, 5.74) is 6.03. The Morgan fingerprint density at radius 3 is 2.69 bits per heavy atom. The van der Waals surface area contributed by atoms with E-state index in [2.05, 4.69) is 30.3 Å². The van der Waals surface area contributed by atoms with Gasteiger partial charge in [0.1, 0.15) is 11.6 Å². The van der Waals surface area contributed by atoms with Crippen LogP contribution in [0.5, 0.6) is 0 Å². The van der Waals surface area contributed by atoms with Gasteiger partial charge in [0, 0.05) is 24.8 Å². The molecule has 1 heterocycles. The van der Waals surface area contributed by atoms with Gasteiger partial charge in [-0.3, -0.25) is 9.79 Å². The van der Waals surface area contributed by atoms with E-state index >= 15 is 0 Å². The molecule has 1 atom stereocenters. The van der Waals surface area contributed by atoms with Crippen molar-refractivity contribution >= 4 is 22.8 Å². The van der Waals surface area contributed by atoms with Gasteiger partial charge in [0.25, 0.3) is 0 Å².